The van der Waals surface area contributed by atoms with E-state index in [4.69, 9.17) is 44.3 Å². The molecule has 0 unspecified atom stereocenters. The third-order valence-electron chi connectivity index (χ3n) is 8.82. The molecular formula is C38H46Br2Cl3N11O5. The average Bonchev–Trinajstić information content (AvgIpc) is 3.90. The summed E-state index contributed by atoms with van der Waals surface area (Å²) in [4.78, 5) is 57.0. The van der Waals surface area contributed by atoms with Crippen LogP contribution in [0.25, 0.3) is 33.1 Å². The molecule has 318 valence electrons. The summed E-state index contributed by atoms with van der Waals surface area (Å²) in [5.41, 5.74) is 1.44. The Morgan fingerprint density at radius 3 is 1.76 bits per heavy atom. The van der Waals surface area contributed by atoms with E-state index in [1.165, 1.54) is 19.0 Å². The van der Waals surface area contributed by atoms with E-state index < -0.39 is 11.2 Å². The Labute approximate surface area is 373 Å². The Morgan fingerprint density at radius 2 is 1.22 bits per heavy atom. The summed E-state index contributed by atoms with van der Waals surface area (Å²) in [6.45, 7) is 13.7. The highest BCUT2D eigenvalue weighted by atomic mass is 79.9. The first kappa shape index (κ1) is 46.3. The maximum Gasteiger partial charge on any atom is 0.410 e. The number of halogens is 5. The monoisotopic (exact) mass is 999 g/mol. The molecule has 0 radical (unpaired) electrons. The number of hydrogen-bond acceptors (Lipinski definition) is 11. The number of aliphatic hydroxyl groups excluding tert-OH is 1. The quantitative estimate of drug-likeness (QED) is 0.133. The highest BCUT2D eigenvalue weighted by Gasteiger charge is 2.29. The fraction of sp³-hybridized carbons (Fsp3) is 0.474. The van der Waals surface area contributed by atoms with Crippen LogP contribution in [0.15, 0.2) is 52.6 Å². The number of likely N-dealkylation sites (tertiary alicyclic amines) is 2. The fourth-order valence-electron chi connectivity index (χ4n) is 6.04. The number of amides is 2. The van der Waals surface area contributed by atoms with Gasteiger partial charge >= 0.3 is 12.2 Å². The van der Waals surface area contributed by atoms with Gasteiger partial charge in [0.15, 0.2) is 0 Å². The molecular weight excluding hydrogens is 957 g/mol. The number of piperidine rings is 2. The second kappa shape index (κ2) is 20.2. The van der Waals surface area contributed by atoms with Crippen molar-refractivity contribution in [2.75, 3.05) is 26.2 Å². The number of rotatable bonds is 1. The molecule has 16 nitrogen and oxygen atoms in total. The zero-order valence-corrected chi connectivity index (χ0v) is 38.8. The Kier molecular flexibility index (Phi) is 15.8. The lowest BCUT2D eigenvalue weighted by atomic mass is 10.1. The van der Waals surface area contributed by atoms with E-state index in [0.29, 0.717) is 54.5 Å². The molecule has 0 atom stereocenters. The third kappa shape index (κ3) is 12.8. The minimum atomic E-state index is -0.469. The largest absolute Gasteiger partial charge is 0.444 e. The number of aliphatic hydroxyl groups is 1. The first-order chi connectivity index (χ1) is 27.8. The molecule has 3 N–H and O–H groups in total. The lowest BCUT2D eigenvalue weighted by Gasteiger charge is -2.34. The second-order valence-electron chi connectivity index (χ2n) is 15.6. The van der Waals surface area contributed by atoms with Gasteiger partial charge in [-0.25, -0.2) is 39.5 Å². The smallest absolute Gasteiger partial charge is 0.410 e. The van der Waals surface area contributed by atoms with E-state index in [1.807, 2.05) is 53.8 Å². The molecule has 0 spiro atoms. The van der Waals surface area contributed by atoms with Crippen LogP contribution in [0.4, 0.5) is 9.59 Å². The summed E-state index contributed by atoms with van der Waals surface area (Å²) in [7, 11) is 0. The Hall–Kier alpha value is -3.81. The van der Waals surface area contributed by atoms with Crippen LogP contribution in [0.1, 0.15) is 73.3 Å². The van der Waals surface area contributed by atoms with Crippen molar-refractivity contribution < 1.29 is 24.2 Å². The van der Waals surface area contributed by atoms with Gasteiger partial charge in [0.2, 0.25) is 0 Å². The molecule has 0 bridgehead atoms. The molecule has 2 aliphatic heterocycles. The van der Waals surface area contributed by atoms with Crippen molar-refractivity contribution in [2.24, 2.45) is 0 Å². The number of nitrogens with one attached hydrogen (secondary N) is 2. The average molecular weight is 1000 g/mol. The maximum atomic E-state index is 12.2. The van der Waals surface area contributed by atoms with Gasteiger partial charge in [0.05, 0.1) is 22.3 Å². The Bertz CT molecular complexity index is 2350. The van der Waals surface area contributed by atoms with Crippen molar-refractivity contribution in [1.82, 2.24) is 54.2 Å². The van der Waals surface area contributed by atoms with Crippen LogP contribution in [0.3, 0.4) is 0 Å². The van der Waals surface area contributed by atoms with E-state index in [1.54, 1.807) is 22.2 Å². The normalized spacial score (nSPS) is 15.2. The molecule has 8 rings (SSSR count). The molecule has 8 heterocycles. The molecule has 2 amide bonds. The number of H-pyrrole nitrogens is 2. The molecule has 2 saturated heterocycles. The number of aromatic nitrogens is 9. The van der Waals surface area contributed by atoms with Gasteiger partial charge in [0, 0.05) is 59.8 Å². The molecule has 2 fully saturated rings. The molecule has 2 aliphatic rings. The first-order valence-corrected chi connectivity index (χ1v) is 21.4. The van der Waals surface area contributed by atoms with E-state index in [9.17, 15) is 14.7 Å². The summed E-state index contributed by atoms with van der Waals surface area (Å²) < 4.78 is 14.6. The van der Waals surface area contributed by atoms with Crippen molar-refractivity contribution in [2.45, 2.75) is 90.6 Å². The van der Waals surface area contributed by atoms with Crippen LogP contribution in [0, 0.1) is 0 Å². The fourth-order valence-corrected chi connectivity index (χ4v) is 8.01. The number of carbonyl (C=O) groups excluding carboxylic acids is 2. The minimum absolute atomic E-state index is 0.245. The van der Waals surface area contributed by atoms with Gasteiger partial charge in [0.25, 0.3) is 0 Å². The van der Waals surface area contributed by atoms with Gasteiger partial charge in [-0.1, -0.05) is 34.8 Å². The van der Waals surface area contributed by atoms with E-state index in [0.717, 1.165) is 54.9 Å². The van der Waals surface area contributed by atoms with E-state index in [2.05, 4.69) is 76.3 Å². The predicted molar refractivity (Wildman–Crippen MR) is 235 cm³/mol. The van der Waals surface area contributed by atoms with Crippen LogP contribution in [-0.4, -0.2) is 115 Å². The van der Waals surface area contributed by atoms with Gasteiger partial charge in [0.1, 0.15) is 62.6 Å². The van der Waals surface area contributed by atoms with Crippen molar-refractivity contribution >= 4 is 112 Å². The van der Waals surface area contributed by atoms with Crippen molar-refractivity contribution in [3.63, 3.8) is 0 Å². The topological polar surface area (TPSA) is 193 Å². The third-order valence-corrected chi connectivity index (χ3v) is 10.9. The van der Waals surface area contributed by atoms with Crippen molar-refractivity contribution in [1.29, 1.82) is 0 Å². The molecule has 59 heavy (non-hydrogen) atoms. The van der Waals surface area contributed by atoms with Crippen LogP contribution in [-0.2, 0) is 9.47 Å². The SMILES string of the molecule is CC(C)(C)OC(=O)N1CCC(O)CC1.CC(C)(C)OC(=O)N1CCC(n2cc(Br)c3c(Cl)ncnc32)CC1.Clc1ncnc2[nH]cc(Br)c12.Clc1ncnc2[nH]ccc12. The van der Waals surface area contributed by atoms with Crippen LogP contribution >= 0.6 is 66.7 Å². The molecule has 0 aliphatic carbocycles. The van der Waals surface area contributed by atoms with Crippen molar-refractivity contribution in [3.05, 3.63) is 68.0 Å². The van der Waals surface area contributed by atoms with Crippen LogP contribution < -0.4 is 0 Å². The number of carbonyl (C=O) groups is 2. The molecule has 21 heteroatoms. The standard InChI is InChI=1S/C16H20BrClN4O2.C10H19NO3.C6H3BrClN3.C6H4ClN3/c1-16(2,3)24-15(23)21-6-4-10(5-7-21)22-8-11(17)12-13(18)19-9-20-14(12)22;1-10(2,3)14-9(13)11-6-4-8(12)5-7-11;7-3-1-9-6-4(3)5(8)10-2-11-6;7-5-4-1-2-8-6(4)10-3-9-5/h8-10H,4-7H2,1-3H3;8,12H,4-7H2,1-3H3;1-2H,(H,9,10,11);1-3H,(H,8,9,10). The lowest BCUT2D eigenvalue weighted by molar-refractivity contribution is 0.00991. The first-order valence-electron chi connectivity index (χ1n) is 18.7. The van der Waals surface area contributed by atoms with Crippen LogP contribution in [0.5, 0.6) is 0 Å². The molecule has 0 aromatic carbocycles. The van der Waals surface area contributed by atoms with Crippen LogP contribution in [0.2, 0.25) is 15.5 Å². The van der Waals surface area contributed by atoms with Gasteiger partial charge in [-0.05, 0) is 105 Å². The van der Waals surface area contributed by atoms with E-state index >= 15 is 0 Å². The van der Waals surface area contributed by atoms with Crippen molar-refractivity contribution in [3.8, 4) is 0 Å². The summed E-state index contributed by atoms with van der Waals surface area (Å²) in [6, 6.07) is 2.11. The molecule has 6 aromatic rings. The number of hydrogen-bond donors (Lipinski definition) is 3. The Morgan fingerprint density at radius 1 is 0.712 bits per heavy atom. The number of nitrogens with zero attached hydrogens (tertiary/aromatic N) is 9. The zero-order valence-electron chi connectivity index (χ0n) is 33.3. The second-order valence-corrected chi connectivity index (χ2v) is 18.4. The zero-order chi connectivity index (χ0) is 43.1. The maximum absolute atomic E-state index is 12.2. The molecule has 0 saturated carbocycles. The summed E-state index contributed by atoms with van der Waals surface area (Å²) in [6.07, 6.45) is 12.1. The van der Waals surface area contributed by atoms with Gasteiger partial charge in [-0.2, -0.15) is 0 Å². The Balaban J connectivity index is 0.000000160. The predicted octanol–water partition coefficient (Wildman–Crippen LogP) is 9.78. The lowest BCUT2D eigenvalue weighted by Crippen LogP contribution is -2.42. The highest BCUT2D eigenvalue weighted by molar-refractivity contribution is 9.11. The number of fused-ring (bicyclic) bond motifs is 3. The van der Waals surface area contributed by atoms with Gasteiger partial charge in [-0.15, -0.1) is 0 Å². The number of aromatic amines is 2. The van der Waals surface area contributed by atoms with Gasteiger partial charge < -0.3 is 38.9 Å². The summed E-state index contributed by atoms with van der Waals surface area (Å²) in [5.74, 6) is 0. The highest BCUT2D eigenvalue weighted by Crippen LogP contribution is 2.35. The minimum Gasteiger partial charge on any atom is -0.444 e. The molecule has 6 aromatic heterocycles. The summed E-state index contributed by atoms with van der Waals surface area (Å²) >= 11 is 24.6. The summed E-state index contributed by atoms with van der Waals surface area (Å²) in [5, 5.41) is 13.2. The van der Waals surface area contributed by atoms with Gasteiger partial charge in [-0.3, -0.25) is 0 Å². The van der Waals surface area contributed by atoms with E-state index in [-0.39, 0.29) is 24.3 Å². The number of ether oxygens (including phenoxy) is 2.